The van der Waals surface area contributed by atoms with Crippen molar-refractivity contribution in [2.24, 2.45) is 0 Å². The molecule has 44 heavy (non-hydrogen) atoms. The van der Waals surface area contributed by atoms with Crippen molar-refractivity contribution < 1.29 is 14.3 Å². The normalized spacial score (nSPS) is 13.0. The van der Waals surface area contributed by atoms with E-state index in [0.29, 0.717) is 31.6 Å². The van der Waals surface area contributed by atoms with Gasteiger partial charge in [0, 0.05) is 31.7 Å². The molecule has 228 valence electrons. The van der Waals surface area contributed by atoms with Crippen molar-refractivity contribution in [3.63, 3.8) is 0 Å². The number of hydrogen-bond donors (Lipinski definition) is 1. The van der Waals surface area contributed by atoms with E-state index >= 15 is 0 Å². The van der Waals surface area contributed by atoms with Crippen molar-refractivity contribution in [2.75, 3.05) is 39.8 Å². The molecule has 1 heterocycles. The summed E-state index contributed by atoms with van der Waals surface area (Å²) in [5, 5.41) is 3.08. The van der Waals surface area contributed by atoms with Crippen molar-refractivity contribution in [1.29, 1.82) is 0 Å². The minimum Gasteiger partial charge on any atom is -0.497 e. The van der Waals surface area contributed by atoms with Crippen LogP contribution in [0.4, 0.5) is 0 Å². The first-order chi connectivity index (χ1) is 21.6. The summed E-state index contributed by atoms with van der Waals surface area (Å²) in [6, 6.07) is 34.2. The summed E-state index contributed by atoms with van der Waals surface area (Å²) < 4.78 is 5.28. The van der Waals surface area contributed by atoms with E-state index in [2.05, 4.69) is 52.7 Å². The van der Waals surface area contributed by atoms with Crippen LogP contribution in [0.5, 0.6) is 5.75 Å². The molecular weight excluding hydrogens is 546 g/mol. The molecule has 1 N–H and O–H groups in total. The van der Waals surface area contributed by atoms with E-state index in [1.165, 1.54) is 18.4 Å². The Balaban J connectivity index is 1.26. The predicted molar refractivity (Wildman–Crippen MR) is 177 cm³/mol. The second kappa shape index (κ2) is 15.9. The number of methoxy groups -OCH3 is 1. The number of likely N-dealkylation sites (tertiary alicyclic amines) is 1. The van der Waals surface area contributed by atoms with Crippen molar-refractivity contribution in [2.45, 2.75) is 38.6 Å². The van der Waals surface area contributed by atoms with E-state index in [1.807, 2.05) is 65.6 Å². The highest BCUT2D eigenvalue weighted by Crippen LogP contribution is 2.23. The molecule has 1 saturated heterocycles. The number of ether oxygens (including phenoxy) is 1. The number of nitrogens with one attached hydrogen (secondary N) is 1. The van der Waals surface area contributed by atoms with E-state index < -0.39 is 0 Å². The SMILES string of the molecule is COc1ccc(CC(=O)N(CCCc2ccccc2)Cc2cccc(-c3cccc(C(=O)NCCN4CCCC4)c3)c2)cc1. The molecule has 0 radical (unpaired) electrons. The lowest BCUT2D eigenvalue weighted by atomic mass is 10.0. The zero-order valence-corrected chi connectivity index (χ0v) is 25.7. The predicted octanol–water partition coefficient (Wildman–Crippen LogP) is 6.39. The van der Waals surface area contributed by atoms with Crippen LogP contribution in [0.15, 0.2) is 103 Å². The Bertz CT molecular complexity index is 1500. The Morgan fingerprint density at radius 3 is 2.25 bits per heavy atom. The van der Waals surface area contributed by atoms with Gasteiger partial charge in [0.15, 0.2) is 0 Å². The highest BCUT2D eigenvalue weighted by atomic mass is 16.5. The molecule has 0 unspecified atom stereocenters. The van der Waals surface area contributed by atoms with Gasteiger partial charge in [0.25, 0.3) is 5.91 Å². The van der Waals surface area contributed by atoms with Crippen LogP contribution in [0.25, 0.3) is 11.1 Å². The topological polar surface area (TPSA) is 61.9 Å². The highest BCUT2D eigenvalue weighted by Gasteiger charge is 2.16. The van der Waals surface area contributed by atoms with Crippen LogP contribution in [-0.4, -0.2) is 61.4 Å². The monoisotopic (exact) mass is 589 g/mol. The highest BCUT2D eigenvalue weighted by molar-refractivity contribution is 5.95. The Morgan fingerprint density at radius 2 is 1.50 bits per heavy atom. The third-order valence-corrected chi connectivity index (χ3v) is 8.27. The molecule has 6 heteroatoms. The van der Waals surface area contributed by atoms with E-state index in [0.717, 1.165) is 60.5 Å². The van der Waals surface area contributed by atoms with E-state index in [9.17, 15) is 9.59 Å². The number of amides is 2. The first kappa shape index (κ1) is 31.0. The number of aryl methyl sites for hydroxylation is 1. The standard InChI is InChI=1S/C38H43N3O3/c1-44-36-19-17-31(18-20-36)27-37(42)41(24-9-13-30-10-3-2-4-11-30)29-32-12-7-14-33(26-32)34-15-8-16-35(28-34)38(43)39-21-25-40-22-5-6-23-40/h2-4,7-8,10-12,14-20,26,28H,5-6,9,13,21-25,27,29H2,1H3,(H,39,43). The maximum absolute atomic E-state index is 13.6. The van der Waals surface area contributed by atoms with Crippen LogP contribution in [0.3, 0.4) is 0 Å². The van der Waals surface area contributed by atoms with Crippen molar-refractivity contribution >= 4 is 11.8 Å². The number of hydrogen-bond acceptors (Lipinski definition) is 4. The van der Waals surface area contributed by atoms with E-state index in [4.69, 9.17) is 4.74 Å². The average molecular weight is 590 g/mol. The zero-order chi connectivity index (χ0) is 30.6. The van der Waals surface area contributed by atoms with Crippen LogP contribution >= 0.6 is 0 Å². The molecule has 0 aromatic heterocycles. The lowest BCUT2D eigenvalue weighted by molar-refractivity contribution is -0.131. The van der Waals surface area contributed by atoms with Crippen LogP contribution < -0.4 is 10.1 Å². The van der Waals surface area contributed by atoms with Crippen LogP contribution in [0.1, 0.15) is 46.3 Å². The molecule has 1 aliphatic heterocycles. The molecule has 0 spiro atoms. The zero-order valence-electron chi connectivity index (χ0n) is 25.7. The molecular formula is C38H43N3O3. The molecule has 0 bridgehead atoms. The molecule has 1 aliphatic rings. The van der Waals surface area contributed by atoms with Crippen LogP contribution in [-0.2, 0) is 24.2 Å². The number of carbonyl (C=O) groups excluding carboxylic acids is 2. The van der Waals surface area contributed by atoms with Gasteiger partial charge in [-0.05, 0) is 96.9 Å². The second-order valence-electron chi connectivity index (χ2n) is 11.5. The Labute approximate surface area is 261 Å². The maximum Gasteiger partial charge on any atom is 0.251 e. The third-order valence-electron chi connectivity index (χ3n) is 8.27. The maximum atomic E-state index is 13.6. The smallest absolute Gasteiger partial charge is 0.251 e. The first-order valence-corrected chi connectivity index (χ1v) is 15.7. The lowest BCUT2D eigenvalue weighted by Crippen LogP contribution is -2.33. The van der Waals surface area contributed by atoms with Gasteiger partial charge in [0.2, 0.25) is 5.91 Å². The van der Waals surface area contributed by atoms with Crippen molar-refractivity contribution in [1.82, 2.24) is 15.1 Å². The van der Waals surface area contributed by atoms with Gasteiger partial charge in [-0.2, -0.15) is 0 Å². The molecule has 0 saturated carbocycles. The van der Waals surface area contributed by atoms with E-state index in [1.54, 1.807) is 7.11 Å². The largest absolute Gasteiger partial charge is 0.497 e. The van der Waals surface area contributed by atoms with Crippen LogP contribution in [0, 0.1) is 0 Å². The summed E-state index contributed by atoms with van der Waals surface area (Å²) in [4.78, 5) is 30.9. The van der Waals surface area contributed by atoms with Gasteiger partial charge in [-0.15, -0.1) is 0 Å². The number of rotatable bonds is 14. The summed E-state index contributed by atoms with van der Waals surface area (Å²) in [6.45, 7) is 4.99. The second-order valence-corrected chi connectivity index (χ2v) is 11.5. The summed E-state index contributed by atoms with van der Waals surface area (Å²) in [7, 11) is 1.64. The fourth-order valence-corrected chi connectivity index (χ4v) is 5.79. The van der Waals surface area contributed by atoms with E-state index in [-0.39, 0.29) is 11.8 Å². The van der Waals surface area contributed by atoms with Gasteiger partial charge in [0.05, 0.1) is 13.5 Å². The average Bonchev–Trinajstić information content (AvgIpc) is 3.59. The minimum absolute atomic E-state index is 0.0454. The van der Waals surface area contributed by atoms with Gasteiger partial charge in [-0.25, -0.2) is 0 Å². The number of nitrogens with zero attached hydrogens (tertiary/aromatic N) is 2. The summed E-state index contributed by atoms with van der Waals surface area (Å²) in [5.41, 5.74) is 5.97. The summed E-state index contributed by atoms with van der Waals surface area (Å²) >= 11 is 0. The Hall–Kier alpha value is -4.42. The van der Waals surface area contributed by atoms with Crippen molar-refractivity contribution in [3.05, 3.63) is 125 Å². The molecule has 2 amide bonds. The van der Waals surface area contributed by atoms with Gasteiger partial charge >= 0.3 is 0 Å². The Kier molecular flexibility index (Phi) is 11.2. The minimum atomic E-state index is -0.0454. The van der Waals surface area contributed by atoms with Crippen molar-refractivity contribution in [3.8, 4) is 16.9 Å². The quantitative estimate of drug-likeness (QED) is 0.185. The molecule has 4 aromatic rings. The van der Waals surface area contributed by atoms with Gasteiger partial charge in [0.1, 0.15) is 5.75 Å². The Morgan fingerprint density at radius 1 is 0.795 bits per heavy atom. The molecule has 5 rings (SSSR count). The third kappa shape index (κ3) is 9.04. The molecule has 4 aromatic carbocycles. The molecule has 0 aliphatic carbocycles. The molecule has 0 atom stereocenters. The summed E-state index contributed by atoms with van der Waals surface area (Å²) in [5.74, 6) is 0.832. The summed E-state index contributed by atoms with van der Waals surface area (Å²) in [6.07, 6.45) is 4.63. The number of carbonyl (C=O) groups is 2. The fraction of sp³-hybridized carbons (Fsp3) is 0.316. The lowest BCUT2D eigenvalue weighted by Gasteiger charge is -2.24. The fourth-order valence-electron chi connectivity index (χ4n) is 5.79. The molecule has 6 nitrogen and oxygen atoms in total. The van der Waals surface area contributed by atoms with Gasteiger partial charge < -0.3 is 19.9 Å². The van der Waals surface area contributed by atoms with Gasteiger partial charge in [-0.1, -0.05) is 72.8 Å². The molecule has 1 fully saturated rings. The number of benzene rings is 4. The first-order valence-electron chi connectivity index (χ1n) is 15.7. The van der Waals surface area contributed by atoms with Gasteiger partial charge in [-0.3, -0.25) is 9.59 Å². The van der Waals surface area contributed by atoms with Crippen LogP contribution in [0.2, 0.25) is 0 Å².